The van der Waals surface area contributed by atoms with Gasteiger partial charge in [0.1, 0.15) is 5.54 Å². The lowest BCUT2D eigenvalue weighted by atomic mass is 10.1. The van der Waals surface area contributed by atoms with Crippen LogP contribution in [0, 0.1) is 0 Å². The third kappa shape index (κ3) is 1.89. The van der Waals surface area contributed by atoms with Crippen LogP contribution in [0.3, 0.4) is 0 Å². The van der Waals surface area contributed by atoms with Crippen molar-refractivity contribution in [2.75, 3.05) is 13.2 Å². The van der Waals surface area contributed by atoms with Crippen molar-refractivity contribution in [1.82, 2.24) is 4.90 Å². The van der Waals surface area contributed by atoms with Crippen LogP contribution in [0.5, 0.6) is 0 Å². The Bertz CT molecular complexity index is 341. The molecule has 1 saturated heterocycles. The first kappa shape index (κ1) is 11.3. The van der Waals surface area contributed by atoms with Crippen molar-refractivity contribution in [1.29, 1.82) is 0 Å². The fourth-order valence-electron chi connectivity index (χ4n) is 2.30. The number of carbonyl (C=O) groups is 1. The van der Waals surface area contributed by atoms with Crippen molar-refractivity contribution < 1.29 is 9.53 Å². The molecule has 3 atom stereocenters. The number of ether oxygens (including phenoxy) is 1. The summed E-state index contributed by atoms with van der Waals surface area (Å²) in [4.78, 5) is 17.4. The average molecular weight is 222 g/mol. The first-order valence-electron chi connectivity index (χ1n) is 5.66. The Labute approximate surface area is 96.0 Å². The Hall–Kier alpha value is -1.16. The number of hydrogen-bond acceptors (Lipinski definition) is 4. The molecule has 0 amide bonds. The predicted molar refractivity (Wildman–Crippen MR) is 62.6 cm³/mol. The molecule has 88 valence electrons. The Kier molecular flexibility index (Phi) is 2.84. The van der Waals surface area contributed by atoms with E-state index in [0.717, 1.165) is 25.2 Å². The van der Waals surface area contributed by atoms with Gasteiger partial charge in [-0.1, -0.05) is 0 Å². The molecule has 0 spiro atoms. The minimum Gasteiger partial charge on any atom is -0.377 e. The summed E-state index contributed by atoms with van der Waals surface area (Å²) in [5, 5.41) is 0. The van der Waals surface area contributed by atoms with Gasteiger partial charge in [0.05, 0.1) is 18.9 Å². The number of aldehydes is 1. The fraction of sp³-hybridized carbons (Fsp3) is 0.667. The van der Waals surface area contributed by atoms with Crippen LogP contribution in [0.25, 0.3) is 0 Å². The van der Waals surface area contributed by atoms with Crippen LogP contribution in [0.4, 0.5) is 0 Å². The Morgan fingerprint density at radius 2 is 2.12 bits per heavy atom. The number of rotatable bonds is 2. The molecule has 4 heteroatoms. The third-order valence-electron chi connectivity index (χ3n) is 3.12. The van der Waals surface area contributed by atoms with Crippen LogP contribution < -0.4 is 0 Å². The third-order valence-corrected chi connectivity index (χ3v) is 3.12. The Morgan fingerprint density at radius 3 is 2.62 bits per heavy atom. The van der Waals surface area contributed by atoms with Crippen molar-refractivity contribution in [3.05, 3.63) is 11.8 Å². The van der Waals surface area contributed by atoms with E-state index in [1.807, 2.05) is 13.0 Å². The summed E-state index contributed by atoms with van der Waals surface area (Å²) in [6.07, 6.45) is 4.61. The summed E-state index contributed by atoms with van der Waals surface area (Å²) >= 11 is 0. The van der Waals surface area contributed by atoms with Crippen LogP contribution in [-0.2, 0) is 9.53 Å². The summed E-state index contributed by atoms with van der Waals surface area (Å²) in [6.45, 7) is 7.53. The highest BCUT2D eigenvalue weighted by Gasteiger charge is 2.32. The molecule has 0 aromatic carbocycles. The van der Waals surface area contributed by atoms with E-state index in [1.165, 1.54) is 0 Å². The second-order valence-corrected chi connectivity index (χ2v) is 4.81. The molecule has 0 bridgehead atoms. The number of hydrogen-bond donors (Lipinski definition) is 0. The van der Waals surface area contributed by atoms with E-state index in [1.54, 1.807) is 6.21 Å². The first-order chi connectivity index (χ1) is 7.56. The molecule has 2 heterocycles. The molecule has 2 rings (SSSR count). The monoisotopic (exact) mass is 222 g/mol. The minimum absolute atomic E-state index is 0.329. The topological polar surface area (TPSA) is 41.9 Å². The van der Waals surface area contributed by atoms with Crippen LogP contribution in [0.1, 0.15) is 20.8 Å². The summed E-state index contributed by atoms with van der Waals surface area (Å²) in [5.74, 6) is 0. The SMILES string of the molecule is CC1COCC(C)N1C1=CC(C)(C=O)N=C1. The Balaban J connectivity index is 2.22. The molecular weight excluding hydrogens is 204 g/mol. The van der Waals surface area contributed by atoms with Gasteiger partial charge in [0.15, 0.2) is 6.29 Å². The standard InChI is InChI=1S/C12H18N2O2/c1-9-6-16-7-10(2)14(9)11-4-12(3,8-15)13-5-11/h4-5,8-10H,6-7H2,1-3H3. The largest absolute Gasteiger partial charge is 0.377 e. The molecule has 3 unspecified atom stereocenters. The normalized spacial score (nSPS) is 38.7. The van der Waals surface area contributed by atoms with E-state index in [9.17, 15) is 4.79 Å². The van der Waals surface area contributed by atoms with Gasteiger partial charge < -0.3 is 14.4 Å². The highest BCUT2D eigenvalue weighted by Crippen LogP contribution is 2.25. The molecule has 0 radical (unpaired) electrons. The van der Waals surface area contributed by atoms with Crippen molar-refractivity contribution in [2.45, 2.75) is 38.4 Å². The highest BCUT2D eigenvalue weighted by atomic mass is 16.5. The number of carbonyl (C=O) groups excluding carboxylic acids is 1. The summed E-state index contributed by atoms with van der Waals surface area (Å²) < 4.78 is 5.48. The number of nitrogens with zero attached hydrogens (tertiary/aromatic N) is 2. The second kappa shape index (κ2) is 4.01. The number of allylic oxidation sites excluding steroid dienone is 1. The summed E-state index contributed by atoms with van der Waals surface area (Å²) in [7, 11) is 0. The molecule has 0 aromatic rings. The number of morpholine rings is 1. The Morgan fingerprint density at radius 1 is 1.50 bits per heavy atom. The van der Waals surface area contributed by atoms with Crippen LogP contribution in [0.2, 0.25) is 0 Å². The minimum atomic E-state index is -0.674. The summed E-state index contributed by atoms with van der Waals surface area (Å²) in [6, 6.07) is 0.658. The highest BCUT2D eigenvalue weighted by molar-refractivity contribution is 5.87. The predicted octanol–water partition coefficient (Wildman–Crippen LogP) is 1.02. The van der Waals surface area contributed by atoms with Crippen LogP contribution in [-0.4, -0.2) is 48.2 Å². The zero-order valence-corrected chi connectivity index (χ0v) is 10.0. The van der Waals surface area contributed by atoms with Gasteiger partial charge >= 0.3 is 0 Å². The molecule has 0 aromatic heterocycles. The van der Waals surface area contributed by atoms with Crippen LogP contribution >= 0.6 is 0 Å². The molecule has 2 aliphatic rings. The van der Waals surface area contributed by atoms with Gasteiger partial charge in [-0.25, -0.2) is 0 Å². The van der Waals surface area contributed by atoms with Gasteiger partial charge in [-0.05, 0) is 26.8 Å². The van der Waals surface area contributed by atoms with E-state index in [4.69, 9.17) is 4.74 Å². The maximum Gasteiger partial charge on any atom is 0.151 e. The van der Waals surface area contributed by atoms with Crippen molar-refractivity contribution in [3.8, 4) is 0 Å². The van der Waals surface area contributed by atoms with E-state index in [-0.39, 0.29) is 0 Å². The maximum absolute atomic E-state index is 10.9. The van der Waals surface area contributed by atoms with Crippen molar-refractivity contribution >= 4 is 12.5 Å². The van der Waals surface area contributed by atoms with E-state index in [0.29, 0.717) is 12.1 Å². The smallest absolute Gasteiger partial charge is 0.151 e. The van der Waals surface area contributed by atoms with Crippen molar-refractivity contribution in [2.24, 2.45) is 4.99 Å². The lowest BCUT2D eigenvalue weighted by Crippen LogP contribution is -2.48. The number of aliphatic imine (C=N–C) groups is 1. The fourth-order valence-corrected chi connectivity index (χ4v) is 2.30. The molecule has 1 fully saturated rings. The zero-order valence-electron chi connectivity index (χ0n) is 10.0. The molecule has 0 aliphatic carbocycles. The van der Waals surface area contributed by atoms with Gasteiger partial charge in [0.25, 0.3) is 0 Å². The van der Waals surface area contributed by atoms with E-state index in [2.05, 4.69) is 23.7 Å². The van der Waals surface area contributed by atoms with E-state index >= 15 is 0 Å². The molecular formula is C12H18N2O2. The van der Waals surface area contributed by atoms with Gasteiger partial charge in [0.2, 0.25) is 0 Å². The molecule has 0 N–H and O–H groups in total. The van der Waals surface area contributed by atoms with E-state index < -0.39 is 5.54 Å². The molecule has 0 saturated carbocycles. The first-order valence-corrected chi connectivity index (χ1v) is 5.66. The van der Waals surface area contributed by atoms with Crippen molar-refractivity contribution in [3.63, 3.8) is 0 Å². The van der Waals surface area contributed by atoms with Gasteiger partial charge in [0, 0.05) is 18.3 Å². The quantitative estimate of drug-likeness (QED) is 0.655. The van der Waals surface area contributed by atoms with Gasteiger partial charge in [-0.2, -0.15) is 0 Å². The average Bonchev–Trinajstić information content (AvgIpc) is 2.62. The van der Waals surface area contributed by atoms with Gasteiger partial charge in [-0.15, -0.1) is 0 Å². The summed E-state index contributed by atoms with van der Waals surface area (Å²) in [5.41, 5.74) is 0.366. The molecule has 4 nitrogen and oxygen atoms in total. The molecule has 2 aliphatic heterocycles. The maximum atomic E-state index is 10.9. The lowest BCUT2D eigenvalue weighted by Gasteiger charge is -2.40. The molecule has 16 heavy (non-hydrogen) atoms. The zero-order chi connectivity index (χ0) is 11.8. The second-order valence-electron chi connectivity index (χ2n) is 4.81. The lowest BCUT2D eigenvalue weighted by molar-refractivity contribution is -0.110. The van der Waals surface area contributed by atoms with Gasteiger partial charge in [-0.3, -0.25) is 4.99 Å². The van der Waals surface area contributed by atoms with Crippen LogP contribution in [0.15, 0.2) is 16.8 Å².